The standard InChI is InChI=1S/C18H20N4S3/c1-12-14-7-10-25-15(14)6-8-20(12)11-21-18(23)22(13-4-5-13)17(19-21)16-3-2-9-24-16/h2-3,7,9-10,12-13H,4-6,8,11H2,1H3. The molecule has 4 nitrogen and oxygen atoms in total. The fraction of sp³-hybridized carbons (Fsp3) is 0.444. The van der Waals surface area contributed by atoms with Gasteiger partial charge in [0.15, 0.2) is 10.6 Å². The normalized spacial score (nSPS) is 20.8. The third-order valence-electron chi connectivity index (χ3n) is 5.24. The fourth-order valence-corrected chi connectivity index (χ4v) is 5.68. The number of hydrogen-bond acceptors (Lipinski definition) is 5. The van der Waals surface area contributed by atoms with Crippen molar-refractivity contribution in [2.45, 2.75) is 44.9 Å². The van der Waals surface area contributed by atoms with Gasteiger partial charge in [0, 0.05) is 23.5 Å². The van der Waals surface area contributed by atoms with Gasteiger partial charge in [0.2, 0.25) is 0 Å². The number of rotatable bonds is 4. The van der Waals surface area contributed by atoms with E-state index in [1.54, 1.807) is 11.3 Å². The fourth-order valence-electron chi connectivity index (χ4n) is 3.67. The van der Waals surface area contributed by atoms with Gasteiger partial charge in [-0.2, -0.15) is 0 Å². The zero-order valence-electron chi connectivity index (χ0n) is 14.1. The van der Waals surface area contributed by atoms with Gasteiger partial charge in [0.05, 0.1) is 11.5 Å². The zero-order valence-corrected chi connectivity index (χ0v) is 16.5. The maximum Gasteiger partial charge on any atom is 0.199 e. The molecule has 25 heavy (non-hydrogen) atoms. The lowest BCUT2D eigenvalue weighted by Gasteiger charge is -2.33. The van der Waals surface area contributed by atoms with Gasteiger partial charge in [-0.3, -0.25) is 9.47 Å². The van der Waals surface area contributed by atoms with Gasteiger partial charge in [0.25, 0.3) is 0 Å². The van der Waals surface area contributed by atoms with E-state index < -0.39 is 0 Å². The SMILES string of the molecule is CC1c2ccsc2CCN1Cn1nc(-c2cccs2)n(C2CC2)c1=S. The molecule has 0 bridgehead atoms. The van der Waals surface area contributed by atoms with Crippen molar-refractivity contribution < 1.29 is 0 Å². The van der Waals surface area contributed by atoms with Crippen molar-refractivity contribution in [1.82, 2.24) is 19.2 Å². The summed E-state index contributed by atoms with van der Waals surface area (Å²) in [5.41, 5.74) is 1.47. The second kappa shape index (κ2) is 6.16. The van der Waals surface area contributed by atoms with Crippen LogP contribution in [0, 0.1) is 4.77 Å². The van der Waals surface area contributed by atoms with Crippen LogP contribution in [0.2, 0.25) is 0 Å². The van der Waals surface area contributed by atoms with Gasteiger partial charge < -0.3 is 0 Å². The summed E-state index contributed by atoms with van der Waals surface area (Å²) < 4.78 is 5.19. The van der Waals surface area contributed by atoms with Crippen LogP contribution in [0.5, 0.6) is 0 Å². The van der Waals surface area contributed by atoms with Crippen molar-refractivity contribution in [2.75, 3.05) is 6.54 Å². The molecule has 2 aliphatic rings. The highest BCUT2D eigenvalue weighted by Gasteiger charge is 2.31. The summed E-state index contributed by atoms with van der Waals surface area (Å²) in [6.07, 6.45) is 3.57. The highest BCUT2D eigenvalue weighted by atomic mass is 32.1. The molecule has 0 saturated heterocycles. The average Bonchev–Trinajstić information content (AvgIpc) is 3.04. The summed E-state index contributed by atoms with van der Waals surface area (Å²) in [6, 6.07) is 7.47. The van der Waals surface area contributed by atoms with Crippen LogP contribution in [0.1, 0.15) is 42.3 Å². The number of nitrogens with zero attached hydrogens (tertiary/aromatic N) is 4. The number of thiophene rings is 2. The van der Waals surface area contributed by atoms with Crippen LogP contribution >= 0.6 is 34.9 Å². The molecule has 1 aliphatic heterocycles. The molecule has 1 saturated carbocycles. The Bertz CT molecular complexity index is 946. The van der Waals surface area contributed by atoms with E-state index in [-0.39, 0.29) is 0 Å². The molecule has 1 fully saturated rings. The Kier molecular flexibility index (Phi) is 3.93. The molecular weight excluding hydrogens is 368 g/mol. The van der Waals surface area contributed by atoms with Crippen molar-refractivity contribution in [3.8, 4) is 10.7 Å². The Morgan fingerprint density at radius 2 is 2.12 bits per heavy atom. The van der Waals surface area contributed by atoms with Crippen molar-refractivity contribution in [1.29, 1.82) is 0 Å². The van der Waals surface area contributed by atoms with Crippen LogP contribution in [0.15, 0.2) is 29.0 Å². The summed E-state index contributed by atoms with van der Waals surface area (Å²) in [5.74, 6) is 1.04. The van der Waals surface area contributed by atoms with Crippen molar-refractivity contribution in [3.63, 3.8) is 0 Å². The molecule has 1 aliphatic carbocycles. The minimum atomic E-state index is 0.424. The minimum absolute atomic E-state index is 0.424. The quantitative estimate of drug-likeness (QED) is 0.581. The van der Waals surface area contributed by atoms with E-state index in [0.29, 0.717) is 12.1 Å². The second-order valence-corrected chi connectivity index (χ2v) is 9.18. The van der Waals surface area contributed by atoms with Crippen molar-refractivity contribution in [2.24, 2.45) is 0 Å². The van der Waals surface area contributed by atoms with E-state index in [0.717, 1.165) is 30.2 Å². The Morgan fingerprint density at radius 3 is 2.88 bits per heavy atom. The van der Waals surface area contributed by atoms with Crippen molar-refractivity contribution >= 4 is 34.9 Å². The Hall–Kier alpha value is -1.28. The second-order valence-electron chi connectivity index (χ2n) is 6.86. The summed E-state index contributed by atoms with van der Waals surface area (Å²) in [4.78, 5) is 5.24. The first-order valence-corrected chi connectivity index (χ1v) is 10.9. The highest BCUT2D eigenvalue weighted by molar-refractivity contribution is 7.71. The van der Waals surface area contributed by atoms with E-state index in [2.05, 4.69) is 45.3 Å². The molecule has 0 N–H and O–H groups in total. The van der Waals surface area contributed by atoms with Gasteiger partial charge in [-0.25, -0.2) is 4.68 Å². The molecule has 0 aromatic carbocycles. The number of aromatic nitrogens is 3. The smallest absolute Gasteiger partial charge is 0.199 e. The molecule has 0 amide bonds. The molecule has 3 aromatic heterocycles. The molecule has 1 atom stereocenters. The molecule has 1 unspecified atom stereocenters. The predicted molar refractivity (Wildman–Crippen MR) is 106 cm³/mol. The summed E-state index contributed by atoms with van der Waals surface area (Å²) in [5, 5.41) is 9.26. The van der Waals surface area contributed by atoms with E-state index in [1.807, 2.05) is 16.0 Å². The lowest BCUT2D eigenvalue weighted by atomic mass is 10.0. The minimum Gasteiger partial charge on any atom is -0.296 e. The van der Waals surface area contributed by atoms with Gasteiger partial charge in [-0.05, 0) is 66.9 Å². The van der Waals surface area contributed by atoms with Gasteiger partial charge in [-0.1, -0.05) is 6.07 Å². The number of fused-ring (bicyclic) bond motifs is 1. The van der Waals surface area contributed by atoms with Crippen LogP contribution in [0.4, 0.5) is 0 Å². The lowest BCUT2D eigenvalue weighted by molar-refractivity contribution is 0.144. The molecule has 7 heteroatoms. The molecule has 130 valence electrons. The van der Waals surface area contributed by atoms with Crippen molar-refractivity contribution in [3.05, 3.63) is 44.2 Å². The molecule has 5 rings (SSSR count). The summed E-state index contributed by atoms with van der Waals surface area (Å²) in [7, 11) is 0. The molecule has 0 radical (unpaired) electrons. The average molecular weight is 389 g/mol. The van der Waals surface area contributed by atoms with E-state index in [1.165, 1.54) is 28.2 Å². The van der Waals surface area contributed by atoms with E-state index in [9.17, 15) is 0 Å². The highest BCUT2D eigenvalue weighted by Crippen LogP contribution is 2.40. The van der Waals surface area contributed by atoms with Crippen LogP contribution in [0.3, 0.4) is 0 Å². The third-order valence-corrected chi connectivity index (χ3v) is 7.51. The number of hydrogen-bond donors (Lipinski definition) is 0. The topological polar surface area (TPSA) is 26.0 Å². The van der Waals surface area contributed by atoms with Crippen LogP contribution in [-0.4, -0.2) is 25.8 Å². The molecule has 3 aromatic rings. The maximum atomic E-state index is 5.81. The van der Waals surface area contributed by atoms with E-state index >= 15 is 0 Å². The van der Waals surface area contributed by atoms with Crippen LogP contribution < -0.4 is 0 Å². The lowest BCUT2D eigenvalue weighted by Crippen LogP contribution is -2.35. The first-order valence-electron chi connectivity index (χ1n) is 8.76. The summed E-state index contributed by atoms with van der Waals surface area (Å²) >= 11 is 9.44. The summed E-state index contributed by atoms with van der Waals surface area (Å²) in [6.45, 7) is 4.14. The Morgan fingerprint density at radius 1 is 1.24 bits per heavy atom. The zero-order chi connectivity index (χ0) is 17.0. The van der Waals surface area contributed by atoms with Crippen LogP contribution in [-0.2, 0) is 13.1 Å². The van der Waals surface area contributed by atoms with Crippen LogP contribution in [0.25, 0.3) is 10.7 Å². The van der Waals surface area contributed by atoms with Gasteiger partial charge >= 0.3 is 0 Å². The predicted octanol–water partition coefficient (Wildman–Crippen LogP) is 5.12. The Labute approximate surface area is 160 Å². The Balaban J connectivity index is 1.49. The molecule has 4 heterocycles. The monoisotopic (exact) mass is 388 g/mol. The largest absolute Gasteiger partial charge is 0.296 e. The maximum absolute atomic E-state index is 5.81. The first kappa shape index (κ1) is 15.9. The van der Waals surface area contributed by atoms with E-state index in [4.69, 9.17) is 17.3 Å². The van der Waals surface area contributed by atoms with Gasteiger partial charge in [0.1, 0.15) is 0 Å². The molecule has 0 spiro atoms. The molecular formula is C18H20N4S3. The first-order chi connectivity index (χ1) is 12.2. The van der Waals surface area contributed by atoms with Gasteiger partial charge in [-0.15, -0.1) is 27.8 Å². The third kappa shape index (κ3) is 2.73.